The second-order valence-corrected chi connectivity index (χ2v) is 6.55. The molecule has 1 rings (SSSR count). The first-order valence-electron chi connectivity index (χ1n) is 12.1. The molecule has 0 aliphatic heterocycles. The van der Waals surface area contributed by atoms with Crippen LogP contribution in [-0.2, 0) is 9.53 Å². The zero-order valence-electron chi connectivity index (χ0n) is 22.9. The molecule has 36 heavy (non-hydrogen) atoms. The second-order valence-electron chi connectivity index (χ2n) is 6.55. The van der Waals surface area contributed by atoms with E-state index < -0.39 is 11.7 Å². The Balaban J connectivity index is -0.00000168. The van der Waals surface area contributed by atoms with Crippen molar-refractivity contribution in [2.75, 3.05) is 20.2 Å². The van der Waals surface area contributed by atoms with E-state index in [2.05, 4.69) is 23.2 Å². The number of carbonyl (C=O) groups excluding carboxylic acids is 1. The summed E-state index contributed by atoms with van der Waals surface area (Å²) in [6.07, 6.45) is 9.27. The molecule has 0 aliphatic rings. The molecule has 1 unspecified atom stereocenters. The quantitative estimate of drug-likeness (QED) is 0.161. The van der Waals surface area contributed by atoms with Crippen molar-refractivity contribution >= 4 is 11.8 Å². The molecule has 1 aromatic rings. The van der Waals surface area contributed by atoms with E-state index in [-0.39, 0.29) is 37.2 Å². The van der Waals surface area contributed by atoms with Crippen LogP contribution in [0.3, 0.4) is 0 Å². The minimum atomic E-state index is -4.43. The zero-order chi connectivity index (χ0) is 28.6. The summed E-state index contributed by atoms with van der Waals surface area (Å²) < 4.78 is 44.6. The Morgan fingerprint density at radius 2 is 1.69 bits per heavy atom. The standard InChI is InChI=1S/C23H29F3N2O2.2C2H6.C2H2/c1-5-10-18(14-20(11-6-2)23(24,25)26)15-27-21(30-4)16-28-22(29)17(3)19-12-8-7-9-13-19;3*1-2/h5,7-14,17H,6,15-16H2,1-4H3,(H,28,29);2*1-2H3;1-2H/b10-5-,18-14+,20-11-,27-21?;;;. The van der Waals surface area contributed by atoms with Crippen LogP contribution >= 0.6 is 0 Å². The van der Waals surface area contributed by atoms with Crippen LogP contribution in [-0.4, -0.2) is 38.2 Å². The highest BCUT2D eigenvalue weighted by atomic mass is 19.4. The van der Waals surface area contributed by atoms with Crippen molar-refractivity contribution in [2.45, 2.75) is 67.0 Å². The molecule has 1 aromatic carbocycles. The first-order chi connectivity index (χ1) is 17.2. The summed E-state index contributed by atoms with van der Waals surface area (Å²) in [5.41, 5.74) is 0.553. The molecular formula is C29H43F3N2O2. The Kier molecular flexibility index (Phi) is 24.3. The number of alkyl halides is 3. The van der Waals surface area contributed by atoms with Gasteiger partial charge in [-0.25, -0.2) is 4.99 Å². The summed E-state index contributed by atoms with van der Waals surface area (Å²) in [4.78, 5) is 16.6. The predicted octanol–water partition coefficient (Wildman–Crippen LogP) is 7.65. The van der Waals surface area contributed by atoms with Crippen LogP contribution in [0.4, 0.5) is 13.2 Å². The third-order valence-corrected chi connectivity index (χ3v) is 4.25. The van der Waals surface area contributed by atoms with Gasteiger partial charge in [0.25, 0.3) is 0 Å². The molecule has 1 N–H and O–H groups in total. The number of aliphatic imine (C=N–C) groups is 1. The lowest BCUT2D eigenvalue weighted by atomic mass is 10.0. The molecule has 1 amide bonds. The van der Waals surface area contributed by atoms with Gasteiger partial charge in [0.1, 0.15) is 0 Å². The monoisotopic (exact) mass is 508 g/mol. The number of hydrogen-bond donors (Lipinski definition) is 1. The van der Waals surface area contributed by atoms with Crippen LogP contribution in [0.2, 0.25) is 0 Å². The summed E-state index contributed by atoms with van der Waals surface area (Å²) in [7, 11) is 1.41. The average Bonchev–Trinajstić information content (AvgIpc) is 2.91. The van der Waals surface area contributed by atoms with Crippen molar-refractivity contribution in [1.82, 2.24) is 5.32 Å². The molecular weight excluding hydrogens is 465 g/mol. The third kappa shape index (κ3) is 16.4. The Labute approximate surface area is 216 Å². The lowest BCUT2D eigenvalue weighted by Crippen LogP contribution is -2.33. The Bertz CT molecular complexity index is 837. The topological polar surface area (TPSA) is 50.7 Å². The smallest absolute Gasteiger partial charge is 0.416 e. The lowest BCUT2D eigenvalue weighted by Gasteiger charge is -2.13. The van der Waals surface area contributed by atoms with E-state index in [0.717, 1.165) is 17.7 Å². The molecule has 0 aromatic heterocycles. The average molecular weight is 509 g/mol. The summed E-state index contributed by atoms with van der Waals surface area (Å²) in [6.45, 7) is 13.2. The number of rotatable bonds is 9. The van der Waals surface area contributed by atoms with Gasteiger partial charge < -0.3 is 10.1 Å². The fourth-order valence-corrected chi connectivity index (χ4v) is 2.62. The number of benzene rings is 1. The number of terminal acetylenes is 1. The van der Waals surface area contributed by atoms with E-state index in [0.29, 0.717) is 5.57 Å². The van der Waals surface area contributed by atoms with E-state index in [9.17, 15) is 18.0 Å². The number of amides is 1. The molecule has 0 spiro atoms. The van der Waals surface area contributed by atoms with Crippen LogP contribution in [0.25, 0.3) is 0 Å². The van der Waals surface area contributed by atoms with E-state index >= 15 is 0 Å². The number of nitrogens with one attached hydrogen (secondary N) is 1. The number of carbonyl (C=O) groups is 1. The minimum absolute atomic E-state index is 0.00520. The highest BCUT2D eigenvalue weighted by Crippen LogP contribution is 2.28. The predicted molar refractivity (Wildman–Crippen MR) is 147 cm³/mol. The molecule has 0 saturated heterocycles. The number of allylic oxidation sites excluding steroid dienone is 4. The Hall–Kier alpha value is -3.27. The maximum Gasteiger partial charge on any atom is 0.416 e. The molecule has 1 atom stereocenters. The SMILES string of the molecule is C#C.CC.CC.C\C=C/C(=C\C(=C\CC)C(F)(F)F)CN=C(CNC(=O)C(C)c1ccccc1)OC. The van der Waals surface area contributed by atoms with E-state index in [1.807, 2.05) is 58.0 Å². The van der Waals surface area contributed by atoms with Crippen LogP contribution < -0.4 is 5.32 Å². The fraction of sp³-hybridized carbons (Fsp3) is 0.448. The molecule has 0 fully saturated rings. The van der Waals surface area contributed by atoms with Crippen molar-refractivity contribution in [1.29, 1.82) is 0 Å². The van der Waals surface area contributed by atoms with Gasteiger partial charge in [0.05, 0.1) is 31.7 Å². The minimum Gasteiger partial charge on any atom is -0.483 e. The molecule has 0 bridgehead atoms. The second kappa shape index (κ2) is 23.5. The largest absolute Gasteiger partial charge is 0.483 e. The van der Waals surface area contributed by atoms with Gasteiger partial charge in [-0.3, -0.25) is 4.79 Å². The first-order valence-corrected chi connectivity index (χ1v) is 12.1. The van der Waals surface area contributed by atoms with Gasteiger partial charge in [0.2, 0.25) is 11.8 Å². The van der Waals surface area contributed by atoms with Crippen molar-refractivity contribution < 1.29 is 22.7 Å². The zero-order valence-corrected chi connectivity index (χ0v) is 22.9. The van der Waals surface area contributed by atoms with Gasteiger partial charge in [-0.15, -0.1) is 12.8 Å². The van der Waals surface area contributed by atoms with Gasteiger partial charge in [-0.2, -0.15) is 13.2 Å². The van der Waals surface area contributed by atoms with Crippen LogP contribution in [0.15, 0.2) is 70.8 Å². The number of nitrogens with zero attached hydrogens (tertiary/aromatic N) is 1. The molecule has 202 valence electrons. The molecule has 0 aliphatic carbocycles. The highest BCUT2D eigenvalue weighted by Gasteiger charge is 2.31. The molecule has 4 nitrogen and oxygen atoms in total. The number of methoxy groups -OCH3 is 1. The van der Waals surface area contributed by atoms with Crippen molar-refractivity contribution in [3.63, 3.8) is 0 Å². The van der Waals surface area contributed by atoms with Gasteiger partial charge in [0, 0.05) is 0 Å². The Morgan fingerprint density at radius 1 is 1.14 bits per heavy atom. The highest BCUT2D eigenvalue weighted by molar-refractivity contribution is 5.88. The van der Waals surface area contributed by atoms with Crippen LogP contribution in [0.5, 0.6) is 0 Å². The third-order valence-electron chi connectivity index (χ3n) is 4.25. The maximum absolute atomic E-state index is 13.2. The van der Waals surface area contributed by atoms with Crippen LogP contribution in [0, 0.1) is 12.8 Å². The van der Waals surface area contributed by atoms with Gasteiger partial charge in [-0.1, -0.05) is 83.2 Å². The van der Waals surface area contributed by atoms with Gasteiger partial charge in [-0.05, 0) is 37.5 Å². The van der Waals surface area contributed by atoms with Crippen molar-refractivity contribution in [3.05, 3.63) is 71.3 Å². The summed E-state index contributed by atoms with van der Waals surface area (Å²) in [5.74, 6) is -0.316. The van der Waals surface area contributed by atoms with Crippen LogP contribution in [0.1, 0.15) is 66.4 Å². The van der Waals surface area contributed by atoms with Crippen molar-refractivity contribution in [3.8, 4) is 12.8 Å². The molecule has 0 heterocycles. The summed E-state index contributed by atoms with van der Waals surface area (Å²) >= 11 is 0. The molecule has 0 radical (unpaired) electrons. The number of ether oxygens (including phenoxy) is 1. The normalized spacial score (nSPS) is 12.6. The van der Waals surface area contributed by atoms with Gasteiger partial charge >= 0.3 is 6.18 Å². The summed E-state index contributed by atoms with van der Waals surface area (Å²) in [6, 6.07) is 9.33. The fourth-order valence-electron chi connectivity index (χ4n) is 2.62. The molecule has 0 saturated carbocycles. The van der Waals surface area contributed by atoms with E-state index in [4.69, 9.17) is 4.74 Å². The lowest BCUT2D eigenvalue weighted by molar-refractivity contribution is -0.122. The van der Waals surface area contributed by atoms with Crippen molar-refractivity contribution in [2.24, 2.45) is 4.99 Å². The van der Waals surface area contributed by atoms with E-state index in [1.54, 1.807) is 32.9 Å². The maximum atomic E-state index is 13.2. The number of hydrogen-bond acceptors (Lipinski definition) is 3. The van der Waals surface area contributed by atoms with Gasteiger partial charge in [0.15, 0.2) is 0 Å². The first kappa shape index (κ1) is 37.3. The number of halogens is 3. The Morgan fingerprint density at radius 3 is 2.14 bits per heavy atom. The summed E-state index contributed by atoms with van der Waals surface area (Å²) in [5, 5.41) is 2.75. The molecule has 7 heteroatoms. The van der Waals surface area contributed by atoms with E-state index in [1.165, 1.54) is 7.11 Å².